The summed E-state index contributed by atoms with van der Waals surface area (Å²) in [7, 11) is 0. The van der Waals surface area contributed by atoms with E-state index in [0.717, 1.165) is 12.3 Å². The first kappa shape index (κ1) is 11.5. The highest BCUT2D eigenvalue weighted by molar-refractivity contribution is 6.34. The summed E-state index contributed by atoms with van der Waals surface area (Å²) in [4.78, 5) is 11.9. The Kier molecular flexibility index (Phi) is 3.49. The SMILES string of the molecule is Nc1ccc(Cl)c(C(=O)CCCC2CC2)c1. The lowest BCUT2D eigenvalue weighted by Crippen LogP contribution is -2.01. The minimum Gasteiger partial charge on any atom is -0.399 e. The molecule has 0 aliphatic heterocycles. The van der Waals surface area contributed by atoms with Crippen LogP contribution in [0.25, 0.3) is 0 Å². The van der Waals surface area contributed by atoms with Gasteiger partial charge in [0, 0.05) is 17.7 Å². The van der Waals surface area contributed by atoms with Gasteiger partial charge in [-0.1, -0.05) is 30.9 Å². The quantitative estimate of drug-likeness (QED) is 0.627. The van der Waals surface area contributed by atoms with Crippen molar-refractivity contribution < 1.29 is 4.79 Å². The fourth-order valence-corrected chi connectivity index (χ4v) is 2.07. The number of benzene rings is 1. The van der Waals surface area contributed by atoms with Crippen molar-refractivity contribution in [1.82, 2.24) is 0 Å². The van der Waals surface area contributed by atoms with Gasteiger partial charge in [0.25, 0.3) is 0 Å². The Morgan fingerprint density at radius 1 is 1.44 bits per heavy atom. The average Bonchev–Trinajstić information content (AvgIpc) is 3.05. The van der Waals surface area contributed by atoms with Crippen LogP contribution >= 0.6 is 11.6 Å². The zero-order chi connectivity index (χ0) is 11.5. The van der Waals surface area contributed by atoms with Crippen LogP contribution in [0.1, 0.15) is 42.5 Å². The number of carbonyl (C=O) groups is 1. The Bertz CT molecular complexity index is 399. The van der Waals surface area contributed by atoms with Crippen LogP contribution < -0.4 is 5.73 Å². The second kappa shape index (κ2) is 4.88. The summed E-state index contributed by atoms with van der Waals surface area (Å²) in [5, 5.41) is 0.505. The fraction of sp³-hybridized carbons (Fsp3) is 0.462. The number of hydrogen-bond donors (Lipinski definition) is 1. The third-order valence-electron chi connectivity index (χ3n) is 3.00. The summed E-state index contributed by atoms with van der Waals surface area (Å²) in [6.45, 7) is 0. The van der Waals surface area contributed by atoms with E-state index in [4.69, 9.17) is 17.3 Å². The van der Waals surface area contributed by atoms with E-state index in [-0.39, 0.29) is 5.78 Å². The second-order valence-corrected chi connectivity index (χ2v) is 4.91. The van der Waals surface area contributed by atoms with Gasteiger partial charge in [-0.3, -0.25) is 4.79 Å². The lowest BCUT2D eigenvalue weighted by atomic mass is 10.0. The molecule has 3 heteroatoms. The molecule has 1 saturated carbocycles. The number of carbonyl (C=O) groups excluding carboxylic acids is 1. The van der Waals surface area contributed by atoms with Crippen LogP contribution in [-0.4, -0.2) is 5.78 Å². The average molecular weight is 238 g/mol. The van der Waals surface area contributed by atoms with Gasteiger partial charge >= 0.3 is 0 Å². The van der Waals surface area contributed by atoms with Crippen molar-refractivity contribution in [2.24, 2.45) is 5.92 Å². The van der Waals surface area contributed by atoms with Gasteiger partial charge in [0.05, 0.1) is 5.02 Å². The first-order valence-electron chi connectivity index (χ1n) is 5.75. The van der Waals surface area contributed by atoms with Crippen molar-refractivity contribution in [2.45, 2.75) is 32.1 Å². The van der Waals surface area contributed by atoms with Gasteiger partial charge in [0.1, 0.15) is 0 Å². The number of Topliss-reactive ketones (excluding diaryl/α,β-unsaturated/α-hetero) is 1. The van der Waals surface area contributed by atoms with Crippen LogP contribution in [0.4, 0.5) is 5.69 Å². The van der Waals surface area contributed by atoms with Crippen molar-refractivity contribution in [3.8, 4) is 0 Å². The maximum absolute atomic E-state index is 11.9. The summed E-state index contributed by atoms with van der Waals surface area (Å²) in [5.74, 6) is 0.988. The Balaban J connectivity index is 1.93. The lowest BCUT2D eigenvalue weighted by Gasteiger charge is -2.04. The molecule has 1 aliphatic carbocycles. The number of nitrogens with two attached hydrogens (primary N) is 1. The molecule has 2 rings (SSSR count). The van der Waals surface area contributed by atoms with E-state index in [1.807, 2.05) is 0 Å². The van der Waals surface area contributed by atoms with Gasteiger partial charge in [-0.25, -0.2) is 0 Å². The molecule has 0 atom stereocenters. The topological polar surface area (TPSA) is 43.1 Å². The van der Waals surface area contributed by atoms with Gasteiger partial charge in [0.15, 0.2) is 5.78 Å². The predicted octanol–water partition coefficient (Wildman–Crippen LogP) is 3.69. The predicted molar refractivity (Wildman–Crippen MR) is 66.8 cm³/mol. The zero-order valence-corrected chi connectivity index (χ0v) is 9.96. The highest BCUT2D eigenvalue weighted by Crippen LogP contribution is 2.34. The summed E-state index contributed by atoms with van der Waals surface area (Å²) in [6.07, 6.45) is 5.40. The fourth-order valence-electron chi connectivity index (χ4n) is 1.85. The molecule has 0 radical (unpaired) electrons. The Morgan fingerprint density at radius 3 is 2.88 bits per heavy atom. The van der Waals surface area contributed by atoms with Crippen molar-refractivity contribution in [3.63, 3.8) is 0 Å². The monoisotopic (exact) mass is 237 g/mol. The molecule has 2 N–H and O–H groups in total. The highest BCUT2D eigenvalue weighted by Gasteiger charge is 2.21. The lowest BCUT2D eigenvalue weighted by molar-refractivity contribution is 0.0979. The molecular formula is C13H16ClNO. The molecule has 0 unspecified atom stereocenters. The molecular weight excluding hydrogens is 222 g/mol. The van der Waals surface area contributed by atoms with Crippen LogP contribution in [-0.2, 0) is 0 Å². The zero-order valence-electron chi connectivity index (χ0n) is 9.21. The summed E-state index contributed by atoms with van der Waals surface area (Å²) >= 11 is 5.97. The van der Waals surface area contributed by atoms with E-state index >= 15 is 0 Å². The number of hydrogen-bond acceptors (Lipinski definition) is 2. The van der Waals surface area contributed by atoms with Crippen molar-refractivity contribution in [2.75, 3.05) is 5.73 Å². The van der Waals surface area contributed by atoms with Crippen LogP contribution in [0.15, 0.2) is 18.2 Å². The van der Waals surface area contributed by atoms with Gasteiger partial charge < -0.3 is 5.73 Å². The molecule has 0 saturated heterocycles. The molecule has 16 heavy (non-hydrogen) atoms. The summed E-state index contributed by atoms with van der Waals surface area (Å²) in [6, 6.07) is 5.07. The van der Waals surface area contributed by atoms with E-state index in [1.165, 1.54) is 19.3 Å². The van der Waals surface area contributed by atoms with Crippen LogP contribution in [0.5, 0.6) is 0 Å². The second-order valence-electron chi connectivity index (χ2n) is 4.50. The molecule has 1 aliphatic rings. The minimum atomic E-state index is 0.109. The Labute approximate surface area is 101 Å². The first-order chi connectivity index (χ1) is 7.66. The molecule has 0 amide bonds. The molecule has 1 fully saturated rings. The van der Waals surface area contributed by atoms with E-state index in [1.54, 1.807) is 18.2 Å². The highest BCUT2D eigenvalue weighted by atomic mass is 35.5. The number of nitrogen functional groups attached to an aromatic ring is 1. The summed E-state index contributed by atoms with van der Waals surface area (Å²) in [5.41, 5.74) is 6.80. The molecule has 0 heterocycles. The standard InChI is InChI=1S/C13H16ClNO/c14-12-7-6-10(15)8-11(12)13(16)3-1-2-9-4-5-9/h6-9H,1-5,15H2. The van der Waals surface area contributed by atoms with Crippen LogP contribution in [0, 0.1) is 5.92 Å². The molecule has 2 nitrogen and oxygen atoms in total. The normalized spacial score (nSPS) is 15.1. The van der Waals surface area contributed by atoms with E-state index < -0.39 is 0 Å². The minimum absolute atomic E-state index is 0.109. The maximum Gasteiger partial charge on any atom is 0.164 e. The number of rotatable bonds is 5. The van der Waals surface area contributed by atoms with Crippen molar-refractivity contribution >= 4 is 23.1 Å². The molecule has 1 aromatic carbocycles. The third kappa shape index (κ3) is 2.99. The molecule has 1 aromatic rings. The third-order valence-corrected chi connectivity index (χ3v) is 3.33. The van der Waals surface area contributed by atoms with E-state index in [2.05, 4.69) is 0 Å². The first-order valence-corrected chi connectivity index (χ1v) is 6.13. The van der Waals surface area contributed by atoms with Gasteiger partial charge in [-0.05, 0) is 30.5 Å². The van der Waals surface area contributed by atoms with Crippen molar-refractivity contribution in [3.05, 3.63) is 28.8 Å². The van der Waals surface area contributed by atoms with E-state index in [0.29, 0.717) is 22.7 Å². The van der Waals surface area contributed by atoms with Crippen LogP contribution in [0.3, 0.4) is 0 Å². The van der Waals surface area contributed by atoms with Crippen LogP contribution in [0.2, 0.25) is 5.02 Å². The summed E-state index contributed by atoms with van der Waals surface area (Å²) < 4.78 is 0. The Morgan fingerprint density at radius 2 is 2.19 bits per heavy atom. The van der Waals surface area contributed by atoms with Crippen molar-refractivity contribution in [1.29, 1.82) is 0 Å². The molecule has 86 valence electrons. The smallest absolute Gasteiger partial charge is 0.164 e. The van der Waals surface area contributed by atoms with Gasteiger partial charge in [0.2, 0.25) is 0 Å². The molecule has 0 aromatic heterocycles. The molecule has 0 spiro atoms. The Hall–Kier alpha value is -1.02. The maximum atomic E-state index is 11.9. The molecule has 0 bridgehead atoms. The number of anilines is 1. The van der Waals surface area contributed by atoms with E-state index in [9.17, 15) is 4.79 Å². The van der Waals surface area contributed by atoms with Gasteiger partial charge in [-0.15, -0.1) is 0 Å². The number of halogens is 1. The van der Waals surface area contributed by atoms with Gasteiger partial charge in [-0.2, -0.15) is 0 Å². The largest absolute Gasteiger partial charge is 0.399 e. The number of ketones is 1.